The number of amides is 3. The fourth-order valence-electron chi connectivity index (χ4n) is 3.56. The number of carbonyl (C=O) groups is 3. The molecule has 0 spiro atoms. The number of urea groups is 1. The Morgan fingerprint density at radius 2 is 1.84 bits per heavy atom. The van der Waals surface area contributed by atoms with E-state index in [9.17, 15) is 27.6 Å². The van der Waals surface area contributed by atoms with E-state index in [1.807, 2.05) is 0 Å². The summed E-state index contributed by atoms with van der Waals surface area (Å²) in [6.07, 6.45) is -4.67. The summed E-state index contributed by atoms with van der Waals surface area (Å²) in [4.78, 5) is 38.6. The van der Waals surface area contributed by atoms with Gasteiger partial charge in [0, 0.05) is 5.02 Å². The van der Waals surface area contributed by atoms with Crippen molar-refractivity contribution in [2.75, 3.05) is 18.5 Å². The molecule has 0 fully saturated rings. The molecule has 2 aliphatic heterocycles. The quantitative estimate of drug-likeness (QED) is 0.671. The number of esters is 1. The molecular weight excluding hydrogens is 451 g/mol. The first kappa shape index (κ1) is 21.7. The van der Waals surface area contributed by atoms with Crippen LogP contribution in [0.3, 0.4) is 0 Å². The highest BCUT2D eigenvalue weighted by Gasteiger charge is 2.43. The number of nitrogens with one attached hydrogen (secondary N) is 2. The molecule has 7 nitrogen and oxygen atoms in total. The maximum atomic E-state index is 13.2. The van der Waals surface area contributed by atoms with Gasteiger partial charge in [0.2, 0.25) is 5.91 Å². The highest BCUT2D eigenvalue weighted by Crippen LogP contribution is 2.36. The van der Waals surface area contributed by atoms with Crippen LogP contribution in [0.15, 0.2) is 59.8 Å². The average Bonchev–Trinajstić information content (AvgIpc) is 3.12. The minimum atomic E-state index is -4.67. The molecule has 0 radical (unpaired) electrons. The fraction of sp³-hybridized carbons (Fsp3) is 0.190. The molecule has 0 saturated heterocycles. The molecule has 11 heteroatoms. The van der Waals surface area contributed by atoms with Crippen LogP contribution in [0.2, 0.25) is 5.02 Å². The van der Waals surface area contributed by atoms with E-state index < -0.39 is 47.9 Å². The highest BCUT2D eigenvalue weighted by atomic mass is 35.5. The normalized spacial score (nSPS) is 18.2. The van der Waals surface area contributed by atoms with Gasteiger partial charge in [0.25, 0.3) is 0 Å². The molecule has 2 aromatic rings. The van der Waals surface area contributed by atoms with Crippen LogP contribution >= 0.6 is 11.6 Å². The van der Waals surface area contributed by atoms with E-state index in [1.165, 1.54) is 12.1 Å². The topological polar surface area (TPSA) is 87.7 Å². The molecule has 2 heterocycles. The van der Waals surface area contributed by atoms with Crippen LogP contribution in [0.4, 0.5) is 23.7 Å². The maximum Gasteiger partial charge on any atom is 0.418 e. The number of halogens is 4. The number of para-hydroxylation sites is 1. The second-order valence-electron chi connectivity index (χ2n) is 7.05. The number of benzene rings is 2. The third-order valence-corrected chi connectivity index (χ3v) is 5.26. The van der Waals surface area contributed by atoms with Gasteiger partial charge in [0.1, 0.15) is 13.2 Å². The Bertz CT molecular complexity index is 1130. The zero-order chi connectivity index (χ0) is 23.0. The summed E-state index contributed by atoms with van der Waals surface area (Å²) in [6, 6.07) is 9.47. The monoisotopic (exact) mass is 465 g/mol. The summed E-state index contributed by atoms with van der Waals surface area (Å²) in [7, 11) is 0. The van der Waals surface area contributed by atoms with Crippen LogP contribution in [0.1, 0.15) is 17.2 Å². The van der Waals surface area contributed by atoms with Crippen molar-refractivity contribution in [1.82, 2.24) is 10.2 Å². The summed E-state index contributed by atoms with van der Waals surface area (Å²) in [5.74, 6) is -1.53. The van der Waals surface area contributed by atoms with Crippen molar-refractivity contribution in [1.29, 1.82) is 0 Å². The van der Waals surface area contributed by atoms with Gasteiger partial charge in [-0.15, -0.1) is 0 Å². The minimum absolute atomic E-state index is 0.149. The van der Waals surface area contributed by atoms with E-state index in [-0.39, 0.29) is 17.9 Å². The molecule has 0 aliphatic carbocycles. The number of alkyl halides is 3. The smallest absolute Gasteiger partial charge is 0.418 e. The molecule has 0 saturated carbocycles. The largest absolute Gasteiger partial charge is 0.456 e. The Morgan fingerprint density at radius 3 is 2.53 bits per heavy atom. The van der Waals surface area contributed by atoms with E-state index in [4.69, 9.17) is 16.3 Å². The lowest BCUT2D eigenvalue weighted by atomic mass is 9.96. The summed E-state index contributed by atoms with van der Waals surface area (Å²) in [5.41, 5.74) is -0.543. The molecule has 166 valence electrons. The first-order valence-corrected chi connectivity index (χ1v) is 9.72. The summed E-state index contributed by atoms with van der Waals surface area (Å²) in [5, 5.41) is 5.28. The Morgan fingerprint density at radius 1 is 1.16 bits per heavy atom. The number of nitrogens with zero attached hydrogens (tertiary/aromatic N) is 1. The number of rotatable bonds is 4. The third kappa shape index (κ3) is 4.13. The second kappa shape index (κ2) is 8.19. The number of carbonyl (C=O) groups excluding carboxylic acids is 3. The molecule has 32 heavy (non-hydrogen) atoms. The first-order chi connectivity index (χ1) is 15.1. The van der Waals surface area contributed by atoms with Crippen molar-refractivity contribution < 1.29 is 32.3 Å². The van der Waals surface area contributed by atoms with Crippen molar-refractivity contribution in [2.45, 2.75) is 12.2 Å². The molecule has 2 aromatic carbocycles. The first-order valence-electron chi connectivity index (χ1n) is 9.35. The molecular formula is C21H15ClF3N3O4. The Labute approximate surface area is 184 Å². The molecule has 0 bridgehead atoms. The number of hydrogen-bond acceptors (Lipinski definition) is 4. The van der Waals surface area contributed by atoms with Crippen molar-refractivity contribution in [3.8, 4) is 0 Å². The summed E-state index contributed by atoms with van der Waals surface area (Å²) >= 11 is 5.89. The molecule has 2 N–H and O–H groups in total. The van der Waals surface area contributed by atoms with Crippen LogP contribution in [0, 0.1) is 0 Å². The average molecular weight is 466 g/mol. The number of ether oxygens (including phenoxy) is 1. The molecule has 3 amide bonds. The zero-order valence-electron chi connectivity index (χ0n) is 16.2. The number of cyclic esters (lactones) is 1. The van der Waals surface area contributed by atoms with E-state index in [2.05, 4.69) is 10.6 Å². The lowest BCUT2D eigenvalue weighted by Gasteiger charge is -2.32. The van der Waals surface area contributed by atoms with Crippen molar-refractivity contribution in [3.05, 3.63) is 76.0 Å². The van der Waals surface area contributed by atoms with Gasteiger partial charge >= 0.3 is 18.2 Å². The van der Waals surface area contributed by atoms with Gasteiger partial charge in [-0.3, -0.25) is 9.69 Å². The van der Waals surface area contributed by atoms with Gasteiger partial charge < -0.3 is 15.4 Å². The minimum Gasteiger partial charge on any atom is -0.456 e. The van der Waals surface area contributed by atoms with Crippen molar-refractivity contribution >= 4 is 35.2 Å². The van der Waals surface area contributed by atoms with Gasteiger partial charge in [-0.1, -0.05) is 35.9 Å². The molecule has 4 rings (SSSR count). The van der Waals surface area contributed by atoms with Gasteiger partial charge in [-0.25, -0.2) is 9.59 Å². The Balaban J connectivity index is 1.59. The number of anilines is 1. The van der Waals surface area contributed by atoms with Crippen LogP contribution < -0.4 is 10.6 Å². The van der Waals surface area contributed by atoms with E-state index in [0.717, 1.165) is 17.0 Å². The fourth-order valence-corrected chi connectivity index (χ4v) is 3.68. The van der Waals surface area contributed by atoms with Crippen molar-refractivity contribution in [2.24, 2.45) is 0 Å². The van der Waals surface area contributed by atoms with Gasteiger partial charge in [-0.2, -0.15) is 13.2 Å². The zero-order valence-corrected chi connectivity index (χ0v) is 17.0. The maximum absolute atomic E-state index is 13.2. The van der Waals surface area contributed by atoms with Gasteiger partial charge in [0.05, 0.1) is 28.6 Å². The second-order valence-corrected chi connectivity index (χ2v) is 7.48. The molecule has 1 atom stereocenters. The Hall–Kier alpha value is -3.53. The van der Waals surface area contributed by atoms with Crippen LogP contribution in [0.25, 0.3) is 0 Å². The van der Waals surface area contributed by atoms with E-state index in [1.54, 1.807) is 24.3 Å². The van der Waals surface area contributed by atoms with Gasteiger partial charge in [-0.05, 0) is 29.8 Å². The Kier molecular flexibility index (Phi) is 5.55. The van der Waals surface area contributed by atoms with Gasteiger partial charge in [0.15, 0.2) is 0 Å². The van der Waals surface area contributed by atoms with Crippen LogP contribution in [-0.2, 0) is 20.5 Å². The van der Waals surface area contributed by atoms with Crippen molar-refractivity contribution in [3.63, 3.8) is 0 Å². The summed E-state index contributed by atoms with van der Waals surface area (Å²) in [6.45, 7) is -0.848. The van der Waals surface area contributed by atoms with Crippen LogP contribution in [0.5, 0.6) is 0 Å². The highest BCUT2D eigenvalue weighted by molar-refractivity contribution is 6.30. The van der Waals surface area contributed by atoms with E-state index >= 15 is 0 Å². The molecule has 0 unspecified atom stereocenters. The lowest BCUT2D eigenvalue weighted by molar-refractivity contribution is -0.137. The molecule has 2 aliphatic rings. The standard InChI is InChI=1S/C21H15ClF3N3O4/c22-12-7-5-11(6-8-12)18-17-15(10-32-19(17)30)28(20(31)27-18)9-16(29)26-14-4-2-1-3-13(14)21(23,24)25/h1-8,18H,9-10H2,(H,26,29)(H,27,31)/t18-/m1/s1. The molecule has 0 aromatic heterocycles. The van der Waals surface area contributed by atoms with Crippen LogP contribution in [-0.4, -0.2) is 36.0 Å². The number of hydrogen-bond donors (Lipinski definition) is 2. The SMILES string of the molecule is O=C(CN1C(=O)N[C@H](c2ccc(Cl)cc2)C2=C1COC2=O)Nc1ccccc1C(F)(F)F. The van der Waals surface area contributed by atoms with E-state index in [0.29, 0.717) is 10.6 Å². The summed E-state index contributed by atoms with van der Waals surface area (Å²) < 4.78 is 44.6. The lowest BCUT2D eigenvalue weighted by Crippen LogP contribution is -2.49. The third-order valence-electron chi connectivity index (χ3n) is 5.01. The predicted molar refractivity (Wildman–Crippen MR) is 107 cm³/mol. The predicted octanol–water partition coefficient (Wildman–Crippen LogP) is 3.87.